The Labute approximate surface area is 369 Å². The summed E-state index contributed by atoms with van der Waals surface area (Å²) in [4.78, 5) is 72.7. The van der Waals surface area contributed by atoms with Crippen molar-refractivity contribution in [1.82, 2.24) is 45.7 Å². The van der Waals surface area contributed by atoms with Gasteiger partial charge in [-0.3, -0.25) is 9.59 Å². The standard InChI is InChI=1S/C48H63N9O6/c1-24(2)41(54-47(60)62-8)45(58)56-22-27(6)18-37(56)43-49-20-35(52-43)30-12-10-29(11-13-30)31-14-15-32(40-34-17-26(5)16-33(51-34)39(31)40)36-21-50-44(53-36)38-19-28(7)23-57(38)46(59)42(25(3)4)55-48(61)63-9/h10-15,20-21,24-28,33-34,37-38,41-42,51H,16-19,22-23H2,1-9H3,(H,49,52)(H,50,53)(H,54,60)(H,55,61)/t26?,27-,28-,33?,34?,37?,38-,41?,42-/m0/s1. The van der Waals surface area contributed by atoms with Crippen LogP contribution >= 0.6 is 0 Å². The third kappa shape index (κ3) is 8.55. The maximum atomic E-state index is 14.0. The van der Waals surface area contributed by atoms with Crippen molar-refractivity contribution in [3.63, 3.8) is 0 Å². The van der Waals surface area contributed by atoms with E-state index in [0.717, 1.165) is 65.4 Å². The Morgan fingerprint density at radius 3 is 1.56 bits per heavy atom. The van der Waals surface area contributed by atoms with E-state index in [1.165, 1.54) is 30.9 Å². The Balaban J connectivity index is 1.05. The SMILES string of the molecule is COC(=O)NC(C(=O)N1C[C@@H](C)CC1c1ncc(-c2ccc(-c3ccc(-c4cnc([C@@H]5C[C@H](C)CN5C(=O)[C@@H](NC(=O)OC)C(C)C)[nH]4)c4c3C3CC(C)CC4N3)cc2)[nH]1)C(C)C. The number of H-pyrrole nitrogens is 2. The first kappa shape index (κ1) is 43.9. The van der Waals surface area contributed by atoms with Gasteiger partial charge < -0.3 is 45.2 Å². The van der Waals surface area contributed by atoms with Crippen LogP contribution in [0.3, 0.4) is 0 Å². The second-order valence-corrected chi connectivity index (χ2v) is 19.2. The average molecular weight is 862 g/mol. The van der Waals surface area contributed by atoms with Crippen LogP contribution in [0.1, 0.15) is 121 Å². The lowest BCUT2D eigenvalue weighted by Gasteiger charge is -2.30. The van der Waals surface area contributed by atoms with Crippen LogP contribution in [0.2, 0.25) is 0 Å². The Kier molecular flexibility index (Phi) is 12.4. The van der Waals surface area contributed by atoms with Gasteiger partial charge in [-0.2, -0.15) is 0 Å². The number of fused-ring (bicyclic) bond motifs is 5. The largest absolute Gasteiger partial charge is 0.453 e. The van der Waals surface area contributed by atoms with E-state index in [1.54, 1.807) is 0 Å². The maximum absolute atomic E-state index is 14.0. The molecule has 15 heteroatoms. The van der Waals surface area contributed by atoms with E-state index in [1.807, 2.05) is 49.9 Å². The number of nitrogens with zero attached hydrogens (tertiary/aromatic N) is 4. The van der Waals surface area contributed by atoms with Crippen LogP contribution in [-0.2, 0) is 19.1 Å². The number of imidazole rings is 2. The first-order chi connectivity index (χ1) is 30.1. The zero-order valence-corrected chi connectivity index (χ0v) is 38.0. The number of ether oxygens (including phenoxy) is 2. The molecule has 3 saturated heterocycles. The van der Waals surface area contributed by atoms with E-state index >= 15 is 0 Å². The van der Waals surface area contributed by atoms with Gasteiger partial charge in [-0.25, -0.2) is 19.6 Å². The quantitative estimate of drug-likeness (QED) is 0.100. The molecule has 9 atom stereocenters. The van der Waals surface area contributed by atoms with Gasteiger partial charge in [-0.1, -0.05) is 84.9 Å². The van der Waals surface area contributed by atoms with Crippen LogP contribution in [-0.4, -0.2) is 93.1 Å². The number of amides is 4. The third-order valence-corrected chi connectivity index (χ3v) is 13.7. The van der Waals surface area contributed by atoms with Crippen molar-refractivity contribution in [2.24, 2.45) is 29.6 Å². The molecular weight excluding hydrogens is 799 g/mol. The minimum absolute atomic E-state index is 0.119. The molecule has 2 bridgehead atoms. The number of aromatic amines is 2. The summed E-state index contributed by atoms with van der Waals surface area (Å²) in [5, 5.41) is 9.43. The predicted octanol–water partition coefficient (Wildman–Crippen LogP) is 7.83. The number of rotatable bonds is 11. The number of nitrogens with one attached hydrogen (secondary N) is 5. The number of carbonyl (C=O) groups excluding carboxylic acids is 4. The van der Waals surface area contributed by atoms with Crippen LogP contribution in [0.5, 0.6) is 0 Å². The van der Waals surface area contributed by atoms with E-state index in [-0.39, 0.29) is 59.7 Å². The van der Waals surface area contributed by atoms with Crippen molar-refractivity contribution in [3.05, 3.63) is 71.6 Å². The Hall–Kier alpha value is -5.70. The smallest absolute Gasteiger partial charge is 0.407 e. The summed E-state index contributed by atoms with van der Waals surface area (Å²) in [6.45, 7) is 15.4. The molecule has 2 aromatic heterocycles. The van der Waals surface area contributed by atoms with Crippen LogP contribution in [0.25, 0.3) is 33.6 Å². The minimum Gasteiger partial charge on any atom is -0.453 e. The number of piperidine rings is 1. The maximum Gasteiger partial charge on any atom is 0.407 e. The molecule has 4 aliphatic rings. The number of hydrogen-bond acceptors (Lipinski definition) is 9. The molecule has 0 aliphatic carbocycles. The molecule has 0 spiro atoms. The molecule has 0 radical (unpaired) electrons. The topological polar surface area (TPSA) is 187 Å². The van der Waals surface area contributed by atoms with Gasteiger partial charge in [0.1, 0.15) is 23.7 Å². The highest BCUT2D eigenvalue weighted by atomic mass is 16.5. The fraction of sp³-hybridized carbons (Fsp3) is 0.542. The lowest BCUT2D eigenvalue weighted by atomic mass is 9.88. The predicted molar refractivity (Wildman–Crippen MR) is 239 cm³/mol. The molecule has 15 nitrogen and oxygen atoms in total. The normalized spacial score (nSPS) is 25.0. The fourth-order valence-electron chi connectivity index (χ4n) is 10.5. The van der Waals surface area contributed by atoms with Crippen molar-refractivity contribution in [1.29, 1.82) is 0 Å². The molecular formula is C48H63N9O6. The summed E-state index contributed by atoms with van der Waals surface area (Å²) in [7, 11) is 2.60. The number of hydrogen-bond donors (Lipinski definition) is 5. The molecule has 4 aliphatic heterocycles. The molecule has 8 rings (SSSR count). The summed E-state index contributed by atoms with van der Waals surface area (Å²) >= 11 is 0. The van der Waals surface area contributed by atoms with E-state index < -0.39 is 24.3 Å². The van der Waals surface area contributed by atoms with Crippen molar-refractivity contribution in [2.45, 2.75) is 110 Å². The van der Waals surface area contributed by atoms with Crippen molar-refractivity contribution in [2.75, 3.05) is 27.3 Å². The van der Waals surface area contributed by atoms with Gasteiger partial charge >= 0.3 is 12.2 Å². The van der Waals surface area contributed by atoms with Crippen molar-refractivity contribution >= 4 is 24.0 Å². The average Bonchev–Trinajstić information content (AvgIpc) is 4.12. The van der Waals surface area contributed by atoms with Gasteiger partial charge in [0.25, 0.3) is 0 Å². The lowest BCUT2D eigenvalue weighted by molar-refractivity contribution is -0.136. The molecule has 5 unspecified atom stereocenters. The van der Waals surface area contributed by atoms with Crippen LogP contribution in [0.4, 0.5) is 9.59 Å². The molecule has 6 heterocycles. The number of methoxy groups -OCH3 is 2. The van der Waals surface area contributed by atoms with Crippen LogP contribution in [0, 0.1) is 29.6 Å². The zero-order valence-electron chi connectivity index (χ0n) is 38.0. The third-order valence-electron chi connectivity index (χ3n) is 13.7. The second-order valence-electron chi connectivity index (χ2n) is 19.2. The van der Waals surface area contributed by atoms with E-state index in [2.05, 4.69) is 83.1 Å². The van der Waals surface area contributed by atoms with E-state index in [9.17, 15) is 19.2 Å². The van der Waals surface area contributed by atoms with Crippen LogP contribution in [0.15, 0.2) is 48.8 Å². The van der Waals surface area contributed by atoms with Gasteiger partial charge in [0.05, 0.1) is 50.1 Å². The molecule has 336 valence electrons. The molecule has 4 amide bonds. The molecule has 0 saturated carbocycles. The first-order valence-corrected chi connectivity index (χ1v) is 22.6. The summed E-state index contributed by atoms with van der Waals surface area (Å²) in [5.41, 5.74) is 8.87. The zero-order chi connectivity index (χ0) is 44.9. The van der Waals surface area contributed by atoms with Crippen LogP contribution < -0.4 is 16.0 Å². The Morgan fingerprint density at radius 2 is 1.06 bits per heavy atom. The van der Waals surface area contributed by atoms with Gasteiger partial charge in [0, 0.05) is 30.7 Å². The highest BCUT2D eigenvalue weighted by molar-refractivity contribution is 5.87. The Morgan fingerprint density at radius 1 is 0.619 bits per heavy atom. The van der Waals surface area contributed by atoms with Gasteiger partial charge in [-0.05, 0) is 83.1 Å². The molecule has 4 aromatic rings. The number of alkyl carbamates (subject to hydrolysis) is 2. The highest BCUT2D eigenvalue weighted by Gasteiger charge is 2.43. The van der Waals surface area contributed by atoms with Crippen molar-refractivity contribution in [3.8, 4) is 33.6 Å². The molecule has 5 N–H and O–H groups in total. The van der Waals surface area contributed by atoms with Gasteiger partial charge in [0.15, 0.2) is 0 Å². The van der Waals surface area contributed by atoms with E-state index in [0.29, 0.717) is 19.0 Å². The number of aromatic nitrogens is 4. The van der Waals surface area contributed by atoms with Crippen molar-refractivity contribution < 1.29 is 28.7 Å². The number of carbonyl (C=O) groups is 4. The first-order valence-electron chi connectivity index (χ1n) is 22.6. The van der Waals surface area contributed by atoms with E-state index in [4.69, 9.17) is 19.4 Å². The molecule has 3 fully saturated rings. The number of likely N-dealkylation sites (tertiary alicyclic amines) is 2. The summed E-state index contributed by atoms with van der Waals surface area (Å²) < 4.78 is 9.66. The summed E-state index contributed by atoms with van der Waals surface area (Å²) in [6, 6.07) is 11.6. The molecule has 63 heavy (non-hydrogen) atoms. The molecule has 2 aromatic carbocycles. The number of benzene rings is 2. The second kappa shape index (κ2) is 17.8. The highest BCUT2D eigenvalue weighted by Crippen LogP contribution is 2.52. The fourth-order valence-corrected chi connectivity index (χ4v) is 10.5. The lowest BCUT2D eigenvalue weighted by Crippen LogP contribution is -2.51. The summed E-state index contributed by atoms with van der Waals surface area (Å²) in [5.74, 6) is 2.07. The Bertz CT molecular complexity index is 2340. The minimum atomic E-state index is -0.709. The monoisotopic (exact) mass is 861 g/mol. The van der Waals surface area contributed by atoms with Gasteiger partial charge in [-0.15, -0.1) is 0 Å². The van der Waals surface area contributed by atoms with Gasteiger partial charge in [0.2, 0.25) is 11.8 Å². The summed E-state index contributed by atoms with van der Waals surface area (Å²) in [6.07, 6.45) is 6.13.